The third kappa shape index (κ3) is 3.62. The molecule has 2 aliphatic rings. The first kappa shape index (κ1) is 15.3. The molecule has 1 aromatic rings. The summed E-state index contributed by atoms with van der Waals surface area (Å²) in [6.07, 6.45) is 8.92. The summed E-state index contributed by atoms with van der Waals surface area (Å²) in [6.45, 7) is 6.77. The molecule has 0 amide bonds. The summed E-state index contributed by atoms with van der Waals surface area (Å²) < 4.78 is 2.39. The first-order valence-corrected chi connectivity index (χ1v) is 9.48. The monoisotopic (exact) mass is 308 g/mol. The van der Waals surface area contributed by atoms with Gasteiger partial charge in [-0.1, -0.05) is 32.0 Å². The molecule has 1 fully saturated rings. The second-order valence-electron chi connectivity index (χ2n) is 6.60. The summed E-state index contributed by atoms with van der Waals surface area (Å²) >= 11 is 1.97. The van der Waals surface area contributed by atoms with Crippen LogP contribution in [0.4, 0.5) is 0 Å². The zero-order chi connectivity index (χ0) is 14.7. The third-order valence-corrected chi connectivity index (χ3v) is 6.19. The highest BCUT2D eigenvalue weighted by molar-refractivity contribution is 7.99. The summed E-state index contributed by atoms with van der Waals surface area (Å²) in [5.41, 5.74) is 0. The zero-order valence-electron chi connectivity index (χ0n) is 13.3. The van der Waals surface area contributed by atoms with E-state index in [2.05, 4.69) is 33.9 Å². The molecule has 3 rings (SSSR count). The van der Waals surface area contributed by atoms with Gasteiger partial charge >= 0.3 is 0 Å². The van der Waals surface area contributed by atoms with Crippen LogP contribution in [0.15, 0.2) is 5.16 Å². The number of aromatic nitrogens is 3. The third-order valence-electron chi connectivity index (χ3n) is 4.85. The number of nitrogens with zero attached hydrogens (tertiary/aromatic N) is 3. The van der Waals surface area contributed by atoms with E-state index in [1.807, 2.05) is 11.8 Å². The first-order chi connectivity index (χ1) is 10.3. The molecule has 1 N–H and O–H groups in total. The fourth-order valence-electron chi connectivity index (χ4n) is 3.64. The number of hydrogen-bond donors (Lipinski definition) is 1. The first-order valence-electron chi connectivity index (χ1n) is 8.60. The molecule has 0 bridgehead atoms. The van der Waals surface area contributed by atoms with E-state index in [4.69, 9.17) is 0 Å². The van der Waals surface area contributed by atoms with Gasteiger partial charge in [-0.2, -0.15) is 0 Å². The Bertz CT molecular complexity index is 459. The SMILES string of the molecule is CCNC1CCC(C)CC1Sc1nnc2n1CCCCC2. The average molecular weight is 308 g/mol. The van der Waals surface area contributed by atoms with Crippen LogP contribution in [0.1, 0.15) is 58.2 Å². The predicted octanol–water partition coefficient (Wildman–Crippen LogP) is 3.26. The Morgan fingerprint density at radius 1 is 1.24 bits per heavy atom. The van der Waals surface area contributed by atoms with Crippen molar-refractivity contribution in [1.82, 2.24) is 20.1 Å². The van der Waals surface area contributed by atoms with E-state index >= 15 is 0 Å². The van der Waals surface area contributed by atoms with Gasteiger partial charge in [0.15, 0.2) is 5.16 Å². The lowest BCUT2D eigenvalue weighted by molar-refractivity contribution is 0.320. The number of rotatable bonds is 4. The summed E-state index contributed by atoms with van der Waals surface area (Å²) in [6, 6.07) is 0.634. The molecule has 0 radical (unpaired) electrons. The molecule has 118 valence electrons. The fraction of sp³-hybridized carbons (Fsp3) is 0.875. The van der Waals surface area contributed by atoms with Crippen molar-refractivity contribution < 1.29 is 0 Å². The van der Waals surface area contributed by atoms with Crippen molar-refractivity contribution in [3.63, 3.8) is 0 Å². The highest BCUT2D eigenvalue weighted by Gasteiger charge is 2.30. The Kier molecular flexibility index (Phi) is 5.22. The minimum absolute atomic E-state index is 0.634. The minimum atomic E-state index is 0.634. The second-order valence-corrected chi connectivity index (χ2v) is 7.81. The van der Waals surface area contributed by atoms with Crippen molar-refractivity contribution in [2.75, 3.05) is 6.54 Å². The fourth-order valence-corrected chi connectivity index (χ4v) is 5.14. The molecule has 3 atom stereocenters. The van der Waals surface area contributed by atoms with Gasteiger partial charge in [0.2, 0.25) is 0 Å². The second kappa shape index (κ2) is 7.14. The van der Waals surface area contributed by atoms with E-state index < -0.39 is 0 Å². The van der Waals surface area contributed by atoms with Crippen LogP contribution in [0, 0.1) is 5.92 Å². The Labute approximate surface area is 132 Å². The molecule has 1 aromatic heterocycles. The molecule has 2 heterocycles. The van der Waals surface area contributed by atoms with Crippen molar-refractivity contribution >= 4 is 11.8 Å². The van der Waals surface area contributed by atoms with Crippen molar-refractivity contribution in [3.05, 3.63) is 5.82 Å². The summed E-state index contributed by atoms with van der Waals surface area (Å²) in [5, 5.41) is 14.4. The number of hydrogen-bond acceptors (Lipinski definition) is 4. The van der Waals surface area contributed by atoms with Crippen LogP contribution >= 0.6 is 11.8 Å². The maximum Gasteiger partial charge on any atom is 0.191 e. The normalized spacial score (nSPS) is 29.9. The minimum Gasteiger partial charge on any atom is -0.313 e. The predicted molar refractivity (Wildman–Crippen MR) is 87.7 cm³/mol. The van der Waals surface area contributed by atoms with E-state index in [0.717, 1.165) is 30.6 Å². The van der Waals surface area contributed by atoms with Gasteiger partial charge in [0.1, 0.15) is 5.82 Å². The lowest BCUT2D eigenvalue weighted by atomic mass is 9.87. The van der Waals surface area contributed by atoms with Gasteiger partial charge in [-0.25, -0.2) is 0 Å². The Hall–Kier alpha value is -0.550. The van der Waals surface area contributed by atoms with Gasteiger partial charge in [0, 0.05) is 24.3 Å². The van der Waals surface area contributed by atoms with Crippen molar-refractivity contribution in [1.29, 1.82) is 0 Å². The van der Waals surface area contributed by atoms with Crippen LogP contribution in [-0.4, -0.2) is 32.6 Å². The van der Waals surface area contributed by atoms with E-state index in [9.17, 15) is 0 Å². The highest BCUT2D eigenvalue weighted by atomic mass is 32.2. The maximum atomic E-state index is 4.50. The highest BCUT2D eigenvalue weighted by Crippen LogP contribution is 2.36. The molecule has 1 aliphatic heterocycles. The van der Waals surface area contributed by atoms with Gasteiger partial charge < -0.3 is 9.88 Å². The smallest absolute Gasteiger partial charge is 0.191 e. The number of thioether (sulfide) groups is 1. The lowest BCUT2D eigenvalue weighted by Gasteiger charge is -2.34. The van der Waals surface area contributed by atoms with Gasteiger partial charge in [-0.3, -0.25) is 0 Å². The molecular formula is C16H28N4S. The molecule has 1 aliphatic carbocycles. The molecule has 0 saturated heterocycles. The average Bonchev–Trinajstić information content (AvgIpc) is 2.71. The molecule has 3 unspecified atom stereocenters. The maximum absolute atomic E-state index is 4.50. The number of nitrogens with one attached hydrogen (secondary N) is 1. The Balaban J connectivity index is 1.73. The molecule has 4 nitrogen and oxygen atoms in total. The molecule has 1 saturated carbocycles. The number of aryl methyl sites for hydroxylation is 1. The standard InChI is InChI=1S/C16H28N4S/c1-3-17-13-9-8-12(2)11-14(13)21-16-19-18-15-7-5-4-6-10-20(15)16/h12-14,17H,3-11H2,1-2H3. The lowest BCUT2D eigenvalue weighted by Crippen LogP contribution is -2.42. The van der Waals surface area contributed by atoms with Crippen LogP contribution in [0.25, 0.3) is 0 Å². The van der Waals surface area contributed by atoms with Crippen LogP contribution in [0.5, 0.6) is 0 Å². The quantitative estimate of drug-likeness (QED) is 0.927. The van der Waals surface area contributed by atoms with E-state index in [1.54, 1.807) is 0 Å². The Morgan fingerprint density at radius 2 is 2.14 bits per heavy atom. The Morgan fingerprint density at radius 3 is 3.00 bits per heavy atom. The van der Waals surface area contributed by atoms with Crippen LogP contribution in [-0.2, 0) is 13.0 Å². The van der Waals surface area contributed by atoms with Crippen molar-refractivity contribution in [2.45, 2.75) is 81.8 Å². The van der Waals surface area contributed by atoms with Crippen LogP contribution < -0.4 is 5.32 Å². The van der Waals surface area contributed by atoms with E-state index in [0.29, 0.717) is 11.3 Å². The topological polar surface area (TPSA) is 42.7 Å². The molecule has 21 heavy (non-hydrogen) atoms. The molecule has 5 heteroatoms. The molecule has 0 spiro atoms. The van der Waals surface area contributed by atoms with Crippen LogP contribution in [0.3, 0.4) is 0 Å². The van der Waals surface area contributed by atoms with Gasteiger partial charge in [-0.15, -0.1) is 10.2 Å². The van der Waals surface area contributed by atoms with Crippen molar-refractivity contribution in [3.8, 4) is 0 Å². The van der Waals surface area contributed by atoms with E-state index in [-0.39, 0.29) is 0 Å². The van der Waals surface area contributed by atoms with Gasteiger partial charge in [0.05, 0.1) is 0 Å². The largest absolute Gasteiger partial charge is 0.313 e. The van der Waals surface area contributed by atoms with Gasteiger partial charge in [0.25, 0.3) is 0 Å². The zero-order valence-corrected chi connectivity index (χ0v) is 14.2. The summed E-state index contributed by atoms with van der Waals surface area (Å²) in [7, 11) is 0. The molecule has 0 aromatic carbocycles. The summed E-state index contributed by atoms with van der Waals surface area (Å²) in [5.74, 6) is 2.04. The van der Waals surface area contributed by atoms with Gasteiger partial charge in [-0.05, 0) is 44.6 Å². The number of fused-ring (bicyclic) bond motifs is 1. The van der Waals surface area contributed by atoms with E-state index in [1.165, 1.54) is 44.3 Å². The molecular weight excluding hydrogens is 280 g/mol. The van der Waals surface area contributed by atoms with Crippen LogP contribution in [0.2, 0.25) is 0 Å². The summed E-state index contributed by atoms with van der Waals surface area (Å²) in [4.78, 5) is 0. The van der Waals surface area contributed by atoms with Crippen molar-refractivity contribution in [2.24, 2.45) is 5.92 Å².